The van der Waals surface area contributed by atoms with E-state index in [2.05, 4.69) is 16.4 Å². The number of carboxylic acid groups (broad SMARTS) is 1. The summed E-state index contributed by atoms with van der Waals surface area (Å²) in [6.07, 6.45) is 3.32. The molecular weight excluding hydrogens is 663 g/mol. The average Bonchev–Trinajstić information content (AvgIpc) is 4.03. The van der Waals surface area contributed by atoms with Crippen LogP contribution in [0.2, 0.25) is 10.0 Å². The highest BCUT2D eigenvalue weighted by Crippen LogP contribution is 2.53. The zero-order chi connectivity index (χ0) is 34.4. The fraction of sp³-hybridized carbons (Fsp3) is 0.457. The number of nitrogens with zero attached hydrogens (tertiary/aromatic N) is 1. The number of aliphatic hydroxyl groups is 4. The number of carbonyl (C=O) groups excluding carboxylic acids is 1. The second-order valence-electron chi connectivity index (χ2n) is 12.4. The van der Waals surface area contributed by atoms with Gasteiger partial charge in [-0.25, -0.2) is 4.79 Å². The molecule has 1 amide bonds. The fourth-order valence-corrected chi connectivity index (χ4v) is 6.10. The number of pyridine rings is 1. The predicted octanol–water partition coefficient (Wildman–Crippen LogP) is 4.16. The summed E-state index contributed by atoms with van der Waals surface area (Å²) in [5.74, 6) is -1.40. The minimum Gasteiger partial charge on any atom is -0.490 e. The van der Waals surface area contributed by atoms with Crippen molar-refractivity contribution in [3.63, 3.8) is 0 Å². The number of unbranched alkanes of at least 4 members (excludes halogenated alkanes) is 1. The van der Waals surface area contributed by atoms with Gasteiger partial charge in [-0.05, 0) is 85.9 Å². The fourth-order valence-electron chi connectivity index (χ4n) is 5.57. The van der Waals surface area contributed by atoms with Crippen LogP contribution >= 0.6 is 23.2 Å². The lowest BCUT2D eigenvalue weighted by Crippen LogP contribution is -2.56. The number of benzene rings is 2. The highest BCUT2D eigenvalue weighted by molar-refractivity contribution is 6.34. The smallest absolute Gasteiger partial charge is 0.329 e. The van der Waals surface area contributed by atoms with E-state index < -0.39 is 48.4 Å². The zero-order valence-electron chi connectivity index (χ0n) is 26.2. The van der Waals surface area contributed by atoms with Crippen LogP contribution < -0.4 is 10.1 Å². The van der Waals surface area contributed by atoms with Gasteiger partial charge in [-0.2, -0.15) is 0 Å². The van der Waals surface area contributed by atoms with Gasteiger partial charge in [-0.15, -0.1) is 0 Å². The molecule has 4 atom stereocenters. The Morgan fingerprint density at radius 1 is 0.979 bits per heavy atom. The molecule has 48 heavy (non-hydrogen) atoms. The number of hydrogen-bond acceptors (Lipinski definition) is 9. The van der Waals surface area contributed by atoms with E-state index in [-0.39, 0.29) is 19.1 Å². The molecule has 3 aromatic rings. The van der Waals surface area contributed by atoms with Crippen molar-refractivity contribution in [1.29, 1.82) is 0 Å². The lowest BCUT2D eigenvalue weighted by atomic mass is 9.96. The van der Waals surface area contributed by atoms with Crippen LogP contribution in [0.15, 0.2) is 54.9 Å². The first-order chi connectivity index (χ1) is 23.0. The summed E-state index contributed by atoms with van der Waals surface area (Å²) in [5, 5.41) is 50.9. The van der Waals surface area contributed by atoms with Crippen LogP contribution in [-0.2, 0) is 33.0 Å². The van der Waals surface area contributed by atoms with Crippen molar-refractivity contribution >= 4 is 35.1 Å². The molecule has 13 heteroatoms. The SMILES string of the molecule is O=C(CCCCc1cc(Cl)c(COC2(c3cnccc3-c3ccccc3OC3CC3)CC2)cc1Cl)N[C@@H](C(=O)O)[C@@H](O)[C@H](O)[C@H](O)CO. The number of aryl methyl sites for hydroxylation is 1. The Morgan fingerprint density at radius 2 is 1.69 bits per heavy atom. The molecule has 2 aromatic carbocycles. The summed E-state index contributed by atoms with van der Waals surface area (Å²) in [5.41, 5.74) is 4.06. The summed E-state index contributed by atoms with van der Waals surface area (Å²) in [7, 11) is 0. The van der Waals surface area contributed by atoms with Crippen molar-refractivity contribution in [2.75, 3.05) is 6.61 Å². The van der Waals surface area contributed by atoms with Crippen LogP contribution in [0.5, 0.6) is 5.75 Å². The maximum Gasteiger partial charge on any atom is 0.329 e. The molecule has 2 saturated carbocycles. The van der Waals surface area contributed by atoms with Gasteiger partial charge >= 0.3 is 5.97 Å². The molecule has 0 aliphatic heterocycles. The lowest BCUT2D eigenvalue weighted by molar-refractivity contribution is -0.151. The standard InChI is InChI=1S/C35H40Cl2N2O9/c36-26-16-21(27(37)15-20(26)5-1-4-8-30(42)39-31(34(45)46)33(44)32(43)28(41)18-40)19-47-35(12-13-35)25-17-38-14-11-23(25)24-6-2-3-7-29(24)48-22-9-10-22/h2-3,6-7,11,14-17,22,28,31-33,40-41,43-44H,1,4-5,8-10,12-13,18-19H2,(H,39,42)(H,45,46)/t28-,31-,32-,33-/m1/s1. The number of aliphatic carboxylic acids is 1. The molecule has 2 aliphatic rings. The van der Waals surface area contributed by atoms with Gasteiger partial charge in [0.2, 0.25) is 5.91 Å². The first kappa shape index (κ1) is 36.0. The maximum atomic E-state index is 12.4. The summed E-state index contributed by atoms with van der Waals surface area (Å²) in [6, 6.07) is 11.7. The molecule has 0 saturated heterocycles. The normalized spacial score (nSPS) is 17.6. The molecule has 1 heterocycles. The number of halogens is 2. The lowest BCUT2D eigenvalue weighted by Gasteiger charge is -2.26. The van der Waals surface area contributed by atoms with E-state index in [1.54, 1.807) is 18.3 Å². The molecule has 0 unspecified atom stereocenters. The second kappa shape index (κ2) is 15.9. The Kier molecular flexibility index (Phi) is 12.0. The van der Waals surface area contributed by atoms with Crippen molar-refractivity contribution < 1.29 is 44.6 Å². The number of carbonyl (C=O) groups is 2. The van der Waals surface area contributed by atoms with Crippen molar-refractivity contribution in [3.05, 3.63) is 81.6 Å². The Morgan fingerprint density at radius 3 is 2.38 bits per heavy atom. The van der Waals surface area contributed by atoms with Crippen LogP contribution in [0.3, 0.4) is 0 Å². The van der Waals surface area contributed by atoms with Crippen LogP contribution in [0.1, 0.15) is 61.6 Å². The van der Waals surface area contributed by atoms with E-state index in [4.69, 9.17) is 37.8 Å². The minimum atomic E-state index is -2.03. The molecule has 1 aromatic heterocycles. The number of nitrogens with one attached hydrogen (secondary N) is 1. The number of aromatic nitrogens is 1. The van der Waals surface area contributed by atoms with Crippen molar-refractivity contribution in [2.24, 2.45) is 0 Å². The number of hydrogen-bond donors (Lipinski definition) is 6. The Bertz CT molecular complexity index is 1600. The topological polar surface area (TPSA) is 179 Å². The van der Waals surface area contributed by atoms with Gasteiger partial charge in [0, 0.05) is 40.0 Å². The summed E-state index contributed by atoms with van der Waals surface area (Å²) < 4.78 is 12.7. The van der Waals surface area contributed by atoms with Gasteiger partial charge in [0.1, 0.15) is 24.1 Å². The van der Waals surface area contributed by atoms with E-state index in [0.717, 1.165) is 59.3 Å². The van der Waals surface area contributed by atoms with Gasteiger partial charge in [0.15, 0.2) is 6.04 Å². The number of carboxylic acids is 1. The Labute approximate surface area is 288 Å². The number of para-hydroxylation sites is 1. The third kappa shape index (κ3) is 8.83. The molecule has 0 bridgehead atoms. The molecule has 11 nitrogen and oxygen atoms in total. The molecule has 5 rings (SSSR count). The maximum absolute atomic E-state index is 12.4. The molecule has 0 spiro atoms. The quantitative estimate of drug-likeness (QED) is 0.105. The van der Waals surface area contributed by atoms with Crippen molar-refractivity contribution in [1.82, 2.24) is 10.3 Å². The summed E-state index contributed by atoms with van der Waals surface area (Å²) >= 11 is 13.3. The first-order valence-corrected chi connectivity index (χ1v) is 16.8. The van der Waals surface area contributed by atoms with E-state index in [1.807, 2.05) is 30.5 Å². The third-order valence-electron chi connectivity index (χ3n) is 8.69. The molecule has 2 fully saturated rings. The zero-order valence-corrected chi connectivity index (χ0v) is 27.7. The third-order valence-corrected chi connectivity index (χ3v) is 9.39. The van der Waals surface area contributed by atoms with Crippen molar-refractivity contribution in [2.45, 2.75) is 94.0 Å². The second-order valence-corrected chi connectivity index (χ2v) is 13.2. The van der Waals surface area contributed by atoms with Crippen LogP contribution in [0, 0.1) is 0 Å². The first-order valence-electron chi connectivity index (χ1n) is 16.0. The van der Waals surface area contributed by atoms with Gasteiger partial charge in [0.25, 0.3) is 0 Å². The molecule has 0 radical (unpaired) electrons. The monoisotopic (exact) mass is 702 g/mol. The van der Waals surface area contributed by atoms with Crippen molar-refractivity contribution in [3.8, 4) is 16.9 Å². The van der Waals surface area contributed by atoms with Crippen LogP contribution in [0.25, 0.3) is 11.1 Å². The molecule has 258 valence electrons. The van der Waals surface area contributed by atoms with Gasteiger partial charge in [-0.3, -0.25) is 9.78 Å². The van der Waals surface area contributed by atoms with E-state index in [0.29, 0.717) is 29.3 Å². The summed E-state index contributed by atoms with van der Waals surface area (Å²) in [6.45, 7) is -0.647. The van der Waals surface area contributed by atoms with Gasteiger partial charge in [-0.1, -0.05) is 41.4 Å². The largest absolute Gasteiger partial charge is 0.490 e. The van der Waals surface area contributed by atoms with Gasteiger partial charge in [0.05, 0.1) is 24.9 Å². The number of ether oxygens (including phenoxy) is 2. The minimum absolute atomic E-state index is 0.0536. The molecule has 6 N–H and O–H groups in total. The summed E-state index contributed by atoms with van der Waals surface area (Å²) in [4.78, 5) is 28.3. The van der Waals surface area contributed by atoms with E-state index in [1.165, 1.54) is 0 Å². The van der Waals surface area contributed by atoms with E-state index >= 15 is 0 Å². The Balaban J connectivity index is 1.16. The van der Waals surface area contributed by atoms with Crippen LogP contribution in [0.4, 0.5) is 0 Å². The highest BCUT2D eigenvalue weighted by Gasteiger charge is 2.48. The predicted molar refractivity (Wildman–Crippen MR) is 178 cm³/mol. The van der Waals surface area contributed by atoms with Gasteiger partial charge < -0.3 is 40.3 Å². The average molecular weight is 704 g/mol. The number of rotatable bonds is 18. The number of aliphatic hydroxyl groups excluding tert-OH is 4. The highest BCUT2D eigenvalue weighted by atomic mass is 35.5. The number of amides is 1. The van der Waals surface area contributed by atoms with E-state index in [9.17, 15) is 30.0 Å². The van der Waals surface area contributed by atoms with Crippen LogP contribution in [-0.4, -0.2) is 79.5 Å². The molecule has 2 aliphatic carbocycles. The Hall–Kier alpha value is -3.29. The molecular formula is C35H40Cl2N2O9.